The first-order chi connectivity index (χ1) is 13.8. The van der Waals surface area contributed by atoms with E-state index in [0.29, 0.717) is 16.6 Å². The largest absolute Gasteiger partial charge is 0.447 e. The van der Waals surface area contributed by atoms with Crippen molar-refractivity contribution in [1.82, 2.24) is 15.4 Å². The third kappa shape index (κ3) is 3.49. The van der Waals surface area contributed by atoms with Crippen molar-refractivity contribution >= 4 is 28.8 Å². The van der Waals surface area contributed by atoms with Crippen molar-refractivity contribution in [2.75, 3.05) is 5.32 Å². The number of hydrogen-bond donors (Lipinski definition) is 4. The Kier molecular flexibility index (Phi) is 4.63. The van der Waals surface area contributed by atoms with Crippen LogP contribution in [0.25, 0.3) is 11.0 Å². The van der Waals surface area contributed by atoms with E-state index in [1.54, 1.807) is 32.0 Å². The maximum atomic E-state index is 14.5. The lowest BCUT2D eigenvalue weighted by Crippen LogP contribution is -2.28. The molecule has 8 nitrogen and oxygen atoms in total. The number of benzene rings is 2. The number of halogens is 2. The van der Waals surface area contributed by atoms with Gasteiger partial charge in [-0.15, -0.1) is 0 Å². The Balaban J connectivity index is 1.71. The molecule has 29 heavy (non-hydrogen) atoms. The molecule has 3 aromatic rings. The molecular formula is C19H17F2N5O3. The summed E-state index contributed by atoms with van der Waals surface area (Å²) in [6.07, 6.45) is -2.39. The minimum absolute atomic E-state index is 0.117. The molecule has 1 aliphatic heterocycles. The summed E-state index contributed by atoms with van der Waals surface area (Å²) in [6.45, 7) is 3.44. The summed E-state index contributed by atoms with van der Waals surface area (Å²) < 4.78 is 33.6. The average molecular weight is 401 g/mol. The Hall–Kier alpha value is -3.53. The quantitative estimate of drug-likeness (QED) is 0.539. The topological polar surface area (TPSA) is 112 Å². The minimum Gasteiger partial charge on any atom is -0.447 e. The van der Waals surface area contributed by atoms with Crippen LogP contribution in [-0.2, 0) is 4.74 Å². The maximum absolute atomic E-state index is 14.5. The number of ether oxygens (including phenoxy) is 1. The number of aromatic nitrogens is 2. The molecule has 1 aliphatic rings. The first kappa shape index (κ1) is 18.8. The number of hydrogen-bond acceptors (Lipinski definition) is 6. The molecule has 1 aromatic heterocycles. The van der Waals surface area contributed by atoms with E-state index in [2.05, 4.69) is 25.8 Å². The lowest BCUT2D eigenvalue weighted by Gasteiger charge is -2.23. The molecule has 4 rings (SSSR count). The number of rotatable bonds is 3. The third-order valence-electron chi connectivity index (χ3n) is 4.27. The Bertz CT molecular complexity index is 1140. The van der Waals surface area contributed by atoms with Crippen molar-refractivity contribution in [3.63, 3.8) is 0 Å². The first-order valence-corrected chi connectivity index (χ1v) is 8.81. The number of aliphatic hydroxyl groups excluding tert-OH is 1. The highest BCUT2D eigenvalue weighted by molar-refractivity contribution is 6.15. The van der Waals surface area contributed by atoms with Gasteiger partial charge in [0.05, 0.1) is 22.7 Å². The summed E-state index contributed by atoms with van der Waals surface area (Å²) in [5.41, 5.74) is 3.73. The Labute approximate surface area is 163 Å². The highest BCUT2D eigenvalue weighted by atomic mass is 19.1. The van der Waals surface area contributed by atoms with E-state index in [-0.39, 0.29) is 28.9 Å². The van der Waals surface area contributed by atoms with Gasteiger partial charge >= 0.3 is 6.09 Å². The number of carbonyl (C=O) groups excluding carboxylic acids is 1. The zero-order chi connectivity index (χ0) is 20.7. The second-order valence-corrected chi connectivity index (χ2v) is 6.71. The molecule has 4 N–H and O–H groups in total. The first-order valence-electron chi connectivity index (χ1n) is 8.81. The number of fused-ring (bicyclic) bond motifs is 2. The van der Waals surface area contributed by atoms with Gasteiger partial charge in [-0.3, -0.25) is 10.7 Å². The van der Waals surface area contributed by atoms with Gasteiger partial charge in [-0.25, -0.2) is 18.6 Å². The zero-order valence-corrected chi connectivity index (χ0v) is 15.5. The highest BCUT2D eigenvalue weighted by Gasteiger charge is 2.28. The molecule has 0 aliphatic carbocycles. The fourth-order valence-corrected chi connectivity index (χ4v) is 3.09. The van der Waals surface area contributed by atoms with Gasteiger partial charge in [0.15, 0.2) is 6.23 Å². The number of hydrazone groups is 1. The van der Waals surface area contributed by atoms with Crippen LogP contribution < -0.4 is 10.7 Å². The molecule has 10 heteroatoms. The Morgan fingerprint density at radius 2 is 2.00 bits per heavy atom. The SMILES string of the molecule is CC(C)OC(=O)Nc1nc2ccc(C3=NNC(O)c4c(F)ccc(F)c43)cc2[nH]1. The van der Waals surface area contributed by atoms with Crippen LogP contribution in [0.1, 0.15) is 36.8 Å². The molecule has 2 heterocycles. The third-order valence-corrected chi connectivity index (χ3v) is 4.27. The Morgan fingerprint density at radius 1 is 1.24 bits per heavy atom. The van der Waals surface area contributed by atoms with Gasteiger partial charge in [-0.1, -0.05) is 6.07 Å². The molecular weight excluding hydrogens is 384 g/mol. The molecule has 150 valence electrons. The van der Waals surface area contributed by atoms with Crippen LogP contribution in [0.15, 0.2) is 35.4 Å². The smallest absolute Gasteiger partial charge is 0.414 e. The van der Waals surface area contributed by atoms with Gasteiger partial charge in [-0.2, -0.15) is 5.10 Å². The van der Waals surface area contributed by atoms with Gasteiger partial charge in [-0.05, 0) is 38.1 Å². The number of nitrogens with one attached hydrogen (secondary N) is 3. The number of aromatic amines is 1. The lowest BCUT2D eigenvalue weighted by molar-refractivity contribution is 0.129. The lowest BCUT2D eigenvalue weighted by atomic mass is 9.94. The van der Waals surface area contributed by atoms with E-state index in [1.165, 1.54) is 0 Å². The molecule has 1 amide bonds. The van der Waals surface area contributed by atoms with E-state index < -0.39 is 24.0 Å². The summed E-state index contributed by atoms with van der Waals surface area (Å²) in [4.78, 5) is 18.9. The number of imidazole rings is 1. The molecule has 2 aromatic carbocycles. The monoisotopic (exact) mass is 401 g/mol. The van der Waals surface area contributed by atoms with Crippen molar-refractivity contribution in [3.8, 4) is 0 Å². The predicted octanol–water partition coefficient (Wildman–Crippen LogP) is 3.14. The van der Waals surface area contributed by atoms with Gasteiger partial charge < -0.3 is 14.8 Å². The van der Waals surface area contributed by atoms with E-state index in [1.807, 2.05) is 0 Å². The Morgan fingerprint density at radius 3 is 2.76 bits per heavy atom. The fourth-order valence-electron chi connectivity index (χ4n) is 3.09. The van der Waals surface area contributed by atoms with Gasteiger partial charge in [0.2, 0.25) is 5.95 Å². The number of nitrogens with zero attached hydrogens (tertiary/aromatic N) is 2. The van der Waals surface area contributed by atoms with Crippen LogP contribution in [-0.4, -0.2) is 33.0 Å². The summed E-state index contributed by atoms with van der Waals surface area (Å²) in [5.74, 6) is -1.27. The molecule has 0 saturated carbocycles. The second-order valence-electron chi connectivity index (χ2n) is 6.71. The van der Waals surface area contributed by atoms with Crippen molar-refractivity contribution in [1.29, 1.82) is 0 Å². The summed E-state index contributed by atoms with van der Waals surface area (Å²) >= 11 is 0. The number of amides is 1. The van der Waals surface area contributed by atoms with Crippen LogP contribution in [0.3, 0.4) is 0 Å². The summed E-state index contributed by atoms with van der Waals surface area (Å²) in [5, 5.41) is 16.5. The van der Waals surface area contributed by atoms with Crippen molar-refractivity contribution in [2.45, 2.75) is 26.2 Å². The fraction of sp³-hybridized carbons (Fsp3) is 0.211. The van der Waals surface area contributed by atoms with Crippen molar-refractivity contribution in [2.24, 2.45) is 5.10 Å². The van der Waals surface area contributed by atoms with Crippen LogP contribution >= 0.6 is 0 Å². The minimum atomic E-state index is -1.46. The van der Waals surface area contributed by atoms with Crippen LogP contribution in [0.2, 0.25) is 0 Å². The molecule has 1 unspecified atom stereocenters. The molecule has 0 spiro atoms. The molecule has 0 radical (unpaired) electrons. The predicted molar refractivity (Wildman–Crippen MR) is 101 cm³/mol. The normalized spacial score (nSPS) is 15.7. The van der Waals surface area contributed by atoms with Gasteiger partial charge in [0.1, 0.15) is 17.3 Å². The standard InChI is InChI=1S/C19H17F2N5O3/c1-8(2)29-19(28)24-18-22-12-6-3-9(7-13(12)23-18)16-14-10(20)4-5-11(21)15(14)17(27)26-25-16/h3-8,17,26-27H,1-2H3,(H2,22,23,24,28). The van der Waals surface area contributed by atoms with Crippen LogP contribution in [0.4, 0.5) is 19.5 Å². The number of anilines is 1. The molecule has 1 atom stereocenters. The van der Waals surface area contributed by atoms with Crippen molar-refractivity contribution < 1.29 is 23.4 Å². The second kappa shape index (κ2) is 7.13. The summed E-state index contributed by atoms with van der Waals surface area (Å²) in [7, 11) is 0. The van der Waals surface area contributed by atoms with Crippen LogP contribution in [0.5, 0.6) is 0 Å². The van der Waals surface area contributed by atoms with E-state index in [9.17, 15) is 18.7 Å². The number of H-pyrrole nitrogens is 1. The average Bonchev–Trinajstić information content (AvgIpc) is 3.05. The van der Waals surface area contributed by atoms with Crippen LogP contribution in [0, 0.1) is 11.6 Å². The zero-order valence-electron chi connectivity index (χ0n) is 15.5. The van der Waals surface area contributed by atoms with E-state index in [0.717, 1.165) is 12.1 Å². The summed E-state index contributed by atoms with van der Waals surface area (Å²) in [6, 6.07) is 6.84. The highest BCUT2D eigenvalue weighted by Crippen LogP contribution is 2.29. The van der Waals surface area contributed by atoms with Gasteiger partial charge in [0.25, 0.3) is 0 Å². The van der Waals surface area contributed by atoms with E-state index in [4.69, 9.17) is 4.74 Å². The van der Waals surface area contributed by atoms with Gasteiger partial charge in [0, 0.05) is 11.1 Å². The molecule has 0 saturated heterocycles. The van der Waals surface area contributed by atoms with Crippen molar-refractivity contribution in [3.05, 3.63) is 58.7 Å². The molecule has 0 bridgehead atoms. The molecule has 0 fully saturated rings. The maximum Gasteiger partial charge on any atom is 0.414 e. The van der Waals surface area contributed by atoms with E-state index >= 15 is 0 Å². The number of carbonyl (C=O) groups is 1. The number of aliphatic hydroxyl groups is 1.